The standard InChI is InChI=1S/C16H19BrFN3/c1-5-6-19-16-14(18)11(4)20-15(21-16)12-7-9(2)13(17)10(3)8-12/h7-8H,5-6H2,1-4H3,(H,19,20,21). The van der Waals surface area contributed by atoms with Crippen molar-refractivity contribution in [1.29, 1.82) is 0 Å². The topological polar surface area (TPSA) is 37.8 Å². The number of nitrogens with one attached hydrogen (secondary N) is 1. The molecule has 0 saturated carbocycles. The average Bonchev–Trinajstić information content (AvgIpc) is 2.45. The highest BCUT2D eigenvalue weighted by molar-refractivity contribution is 9.10. The zero-order valence-electron chi connectivity index (χ0n) is 12.7. The minimum Gasteiger partial charge on any atom is -0.368 e. The molecule has 5 heteroatoms. The van der Waals surface area contributed by atoms with Gasteiger partial charge in [0.2, 0.25) is 0 Å². The van der Waals surface area contributed by atoms with Crippen LogP contribution in [-0.2, 0) is 0 Å². The second kappa shape index (κ2) is 6.52. The molecule has 21 heavy (non-hydrogen) atoms. The van der Waals surface area contributed by atoms with Gasteiger partial charge >= 0.3 is 0 Å². The molecule has 0 bridgehead atoms. The second-order valence-corrected chi connectivity index (χ2v) is 5.94. The molecule has 0 aliphatic rings. The molecule has 0 aliphatic heterocycles. The molecule has 0 fully saturated rings. The molecule has 0 amide bonds. The number of nitrogens with zero attached hydrogens (tertiary/aromatic N) is 2. The summed E-state index contributed by atoms with van der Waals surface area (Å²) >= 11 is 3.55. The predicted octanol–water partition coefficient (Wildman–Crippen LogP) is 4.79. The van der Waals surface area contributed by atoms with Crippen LogP contribution < -0.4 is 5.32 Å². The fraction of sp³-hybridized carbons (Fsp3) is 0.375. The number of aryl methyl sites for hydroxylation is 3. The summed E-state index contributed by atoms with van der Waals surface area (Å²) in [6.07, 6.45) is 0.911. The van der Waals surface area contributed by atoms with E-state index in [0.717, 1.165) is 27.6 Å². The highest BCUT2D eigenvalue weighted by Gasteiger charge is 2.13. The van der Waals surface area contributed by atoms with Crippen molar-refractivity contribution >= 4 is 21.7 Å². The van der Waals surface area contributed by atoms with Gasteiger partial charge in [0.1, 0.15) is 0 Å². The summed E-state index contributed by atoms with van der Waals surface area (Å²) < 4.78 is 15.1. The normalized spacial score (nSPS) is 10.8. The van der Waals surface area contributed by atoms with Crippen molar-refractivity contribution in [2.75, 3.05) is 11.9 Å². The van der Waals surface area contributed by atoms with E-state index in [9.17, 15) is 4.39 Å². The van der Waals surface area contributed by atoms with Crippen molar-refractivity contribution in [1.82, 2.24) is 9.97 Å². The number of halogens is 2. The van der Waals surface area contributed by atoms with Crippen LogP contribution in [0.4, 0.5) is 10.2 Å². The smallest absolute Gasteiger partial charge is 0.186 e. The minimum absolute atomic E-state index is 0.276. The van der Waals surface area contributed by atoms with Gasteiger partial charge in [0, 0.05) is 16.6 Å². The maximum Gasteiger partial charge on any atom is 0.186 e. The van der Waals surface area contributed by atoms with Gasteiger partial charge in [-0.05, 0) is 50.5 Å². The van der Waals surface area contributed by atoms with Gasteiger partial charge in [-0.1, -0.05) is 22.9 Å². The predicted molar refractivity (Wildman–Crippen MR) is 88.1 cm³/mol. The van der Waals surface area contributed by atoms with Crippen LogP contribution in [0.25, 0.3) is 11.4 Å². The first-order valence-electron chi connectivity index (χ1n) is 6.99. The SMILES string of the molecule is CCCNc1nc(-c2cc(C)c(Br)c(C)c2)nc(C)c1F. The van der Waals surface area contributed by atoms with Crippen molar-refractivity contribution in [3.05, 3.63) is 39.2 Å². The van der Waals surface area contributed by atoms with Crippen LogP contribution in [0.2, 0.25) is 0 Å². The molecular formula is C16H19BrFN3. The van der Waals surface area contributed by atoms with Crippen molar-refractivity contribution < 1.29 is 4.39 Å². The molecule has 3 nitrogen and oxygen atoms in total. The molecule has 1 heterocycles. The third-order valence-corrected chi connectivity index (χ3v) is 4.50. The third-order valence-electron chi connectivity index (χ3n) is 3.25. The lowest BCUT2D eigenvalue weighted by atomic mass is 10.1. The number of anilines is 1. The summed E-state index contributed by atoms with van der Waals surface area (Å²) in [5.74, 6) is 0.446. The van der Waals surface area contributed by atoms with Crippen LogP contribution in [0.3, 0.4) is 0 Å². The zero-order chi connectivity index (χ0) is 15.6. The summed E-state index contributed by atoms with van der Waals surface area (Å²) in [6.45, 7) is 8.42. The summed E-state index contributed by atoms with van der Waals surface area (Å²) in [6, 6.07) is 4.01. The molecule has 0 atom stereocenters. The lowest BCUT2D eigenvalue weighted by molar-refractivity contribution is 0.605. The molecule has 2 rings (SSSR count). The van der Waals surface area contributed by atoms with Crippen molar-refractivity contribution in [3.63, 3.8) is 0 Å². The average molecular weight is 352 g/mol. The molecule has 112 valence electrons. The van der Waals surface area contributed by atoms with E-state index in [1.807, 2.05) is 32.9 Å². The molecule has 0 spiro atoms. The first-order valence-corrected chi connectivity index (χ1v) is 7.78. The number of benzene rings is 1. The van der Waals surface area contributed by atoms with E-state index >= 15 is 0 Å². The zero-order valence-corrected chi connectivity index (χ0v) is 14.3. The van der Waals surface area contributed by atoms with E-state index in [0.29, 0.717) is 18.1 Å². The highest BCUT2D eigenvalue weighted by atomic mass is 79.9. The minimum atomic E-state index is -0.377. The number of hydrogen-bond acceptors (Lipinski definition) is 3. The number of rotatable bonds is 4. The van der Waals surface area contributed by atoms with E-state index < -0.39 is 0 Å². The van der Waals surface area contributed by atoms with E-state index in [2.05, 4.69) is 31.2 Å². The Kier molecular flexibility index (Phi) is 4.93. The Balaban J connectivity index is 2.51. The first-order chi connectivity index (χ1) is 9.93. The Bertz CT molecular complexity index is 648. The van der Waals surface area contributed by atoms with Crippen molar-refractivity contribution in [3.8, 4) is 11.4 Å². The molecular weight excluding hydrogens is 333 g/mol. The molecule has 0 aliphatic carbocycles. The quantitative estimate of drug-likeness (QED) is 0.860. The van der Waals surface area contributed by atoms with E-state index in [1.54, 1.807) is 6.92 Å². The Morgan fingerprint density at radius 2 is 1.76 bits per heavy atom. The molecule has 2 aromatic rings. The van der Waals surface area contributed by atoms with Gasteiger partial charge in [0.15, 0.2) is 17.5 Å². The van der Waals surface area contributed by atoms with Gasteiger partial charge in [0.25, 0.3) is 0 Å². The molecule has 0 saturated heterocycles. The molecule has 0 unspecified atom stereocenters. The van der Waals surface area contributed by atoms with Gasteiger partial charge in [-0.3, -0.25) is 0 Å². The molecule has 1 aromatic heterocycles. The van der Waals surface area contributed by atoms with Crippen LogP contribution in [-0.4, -0.2) is 16.5 Å². The third kappa shape index (κ3) is 3.40. The fourth-order valence-electron chi connectivity index (χ4n) is 2.12. The Morgan fingerprint density at radius 3 is 2.33 bits per heavy atom. The molecule has 1 N–H and O–H groups in total. The number of hydrogen-bond donors (Lipinski definition) is 1. The number of aromatic nitrogens is 2. The Labute approximate surface area is 133 Å². The lowest BCUT2D eigenvalue weighted by Gasteiger charge is -2.11. The van der Waals surface area contributed by atoms with Crippen LogP contribution in [0, 0.1) is 26.6 Å². The van der Waals surface area contributed by atoms with Gasteiger partial charge < -0.3 is 5.32 Å². The van der Waals surface area contributed by atoms with E-state index in [4.69, 9.17) is 0 Å². The van der Waals surface area contributed by atoms with Gasteiger partial charge in [-0.25, -0.2) is 14.4 Å². The van der Waals surface area contributed by atoms with Gasteiger partial charge in [0.05, 0.1) is 5.69 Å². The summed E-state index contributed by atoms with van der Waals surface area (Å²) in [4.78, 5) is 8.62. The van der Waals surface area contributed by atoms with Gasteiger partial charge in [-0.15, -0.1) is 0 Å². The molecule has 1 aromatic carbocycles. The lowest BCUT2D eigenvalue weighted by Crippen LogP contribution is -2.08. The van der Waals surface area contributed by atoms with Crippen LogP contribution in [0.15, 0.2) is 16.6 Å². The summed E-state index contributed by atoms with van der Waals surface area (Å²) in [5, 5.41) is 3.02. The maximum absolute atomic E-state index is 14.0. The first kappa shape index (κ1) is 15.9. The van der Waals surface area contributed by atoms with Crippen LogP contribution >= 0.6 is 15.9 Å². The van der Waals surface area contributed by atoms with E-state index in [1.165, 1.54) is 0 Å². The van der Waals surface area contributed by atoms with Crippen molar-refractivity contribution in [2.24, 2.45) is 0 Å². The maximum atomic E-state index is 14.0. The molecule has 0 radical (unpaired) electrons. The second-order valence-electron chi connectivity index (χ2n) is 5.15. The monoisotopic (exact) mass is 351 g/mol. The fourth-order valence-corrected chi connectivity index (χ4v) is 2.35. The summed E-state index contributed by atoms with van der Waals surface area (Å²) in [5.41, 5.74) is 3.48. The van der Waals surface area contributed by atoms with Crippen molar-refractivity contribution in [2.45, 2.75) is 34.1 Å². The van der Waals surface area contributed by atoms with Crippen LogP contribution in [0.1, 0.15) is 30.2 Å². The summed E-state index contributed by atoms with van der Waals surface area (Å²) in [7, 11) is 0. The van der Waals surface area contributed by atoms with Gasteiger partial charge in [-0.2, -0.15) is 0 Å². The Morgan fingerprint density at radius 1 is 1.14 bits per heavy atom. The van der Waals surface area contributed by atoms with Crippen LogP contribution in [0.5, 0.6) is 0 Å². The van der Waals surface area contributed by atoms with E-state index in [-0.39, 0.29) is 11.6 Å². The Hall–Kier alpha value is -1.49. The highest BCUT2D eigenvalue weighted by Crippen LogP contribution is 2.28. The largest absolute Gasteiger partial charge is 0.368 e.